The monoisotopic (exact) mass is 228 g/mol. The minimum Gasteiger partial charge on any atom is -0.315 e. The summed E-state index contributed by atoms with van der Waals surface area (Å²) in [6, 6.07) is 0.633. The molecule has 0 saturated carbocycles. The lowest BCUT2D eigenvalue weighted by Crippen LogP contribution is -2.24. The molecule has 0 aromatic rings. The van der Waals surface area contributed by atoms with Crippen molar-refractivity contribution in [2.45, 2.75) is 59.4 Å². The molecule has 0 aliphatic heterocycles. The average molecular weight is 228 g/mol. The largest absolute Gasteiger partial charge is 0.315 e. The molecule has 0 aliphatic carbocycles. The molecule has 0 bridgehead atoms. The second kappa shape index (κ2) is 10.1. The van der Waals surface area contributed by atoms with E-state index in [2.05, 4.69) is 45.0 Å². The lowest BCUT2D eigenvalue weighted by molar-refractivity contribution is 0.302. The maximum atomic E-state index is 3.46. The quantitative estimate of drug-likeness (QED) is 0.578. The van der Waals surface area contributed by atoms with Gasteiger partial charge in [-0.3, -0.25) is 0 Å². The molecule has 0 spiro atoms. The van der Waals surface area contributed by atoms with Gasteiger partial charge in [0.25, 0.3) is 0 Å². The lowest BCUT2D eigenvalue weighted by atomic mass is 10.1. The standard InChI is InChI=1S/C14H32N2/c1-13(2)9-12-16(5)11-8-6-7-10-15-14(3)4/h13-15H,6-12H2,1-5H3. The molecule has 0 saturated heterocycles. The van der Waals surface area contributed by atoms with Gasteiger partial charge in [0.15, 0.2) is 0 Å². The van der Waals surface area contributed by atoms with Gasteiger partial charge in [-0.1, -0.05) is 34.1 Å². The highest BCUT2D eigenvalue weighted by atomic mass is 15.1. The topological polar surface area (TPSA) is 15.3 Å². The van der Waals surface area contributed by atoms with Crippen LogP contribution in [-0.4, -0.2) is 37.6 Å². The molecule has 0 amide bonds. The van der Waals surface area contributed by atoms with Gasteiger partial charge in [0.1, 0.15) is 0 Å². The summed E-state index contributed by atoms with van der Waals surface area (Å²) in [5, 5.41) is 3.46. The van der Waals surface area contributed by atoms with Gasteiger partial charge in [0.2, 0.25) is 0 Å². The van der Waals surface area contributed by atoms with E-state index in [0.29, 0.717) is 6.04 Å². The van der Waals surface area contributed by atoms with Crippen LogP contribution in [0.1, 0.15) is 53.4 Å². The normalized spacial score (nSPS) is 12.0. The number of rotatable bonds is 10. The number of nitrogens with one attached hydrogen (secondary N) is 1. The number of nitrogens with zero attached hydrogens (tertiary/aromatic N) is 1. The van der Waals surface area contributed by atoms with Crippen LogP contribution in [0.5, 0.6) is 0 Å². The van der Waals surface area contributed by atoms with Crippen molar-refractivity contribution in [3.8, 4) is 0 Å². The van der Waals surface area contributed by atoms with Gasteiger partial charge in [0.05, 0.1) is 0 Å². The summed E-state index contributed by atoms with van der Waals surface area (Å²) in [6.07, 6.45) is 5.34. The Morgan fingerprint density at radius 1 is 0.938 bits per heavy atom. The molecular formula is C14H32N2. The summed E-state index contributed by atoms with van der Waals surface area (Å²) < 4.78 is 0. The van der Waals surface area contributed by atoms with Crippen LogP contribution >= 0.6 is 0 Å². The predicted molar refractivity (Wildman–Crippen MR) is 73.9 cm³/mol. The molecule has 0 radical (unpaired) electrons. The van der Waals surface area contributed by atoms with Crippen molar-refractivity contribution in [2.24, 2.45) is 5.92 Å². The van der Waals surface area contributed by atoms with E-state index in [1.807, 2.05) is 0 Å². The van der Waals surface area contributed by atoms with Crippen LogP contribution < -0.4 is 5.32 Å². The van der Waals surface area contributed by atoms with Crippen LogP contribution in [0.25, 0.3) is 0 Å². The van der Waals surface area contributed by atoms with E-state index in [9.17, 15) is 0 Å². The van der Waals surface area contributed by atoms with Crippen molar-refractivity contribution >= 4 is 0 Å². The van der Waals surface area contributed by atoms with Crippen LogP contribution in [0.2, 0.25) is 0 Å². The molecule has 16 heavy (non-hydrogen) atoms. The van der Waals surface area contributed by atoms with Gasteiger partial charge in [-0.15, -0.1) is 0 Å². The Labute approximate surface area is 103 Å². The first-order valence-corrected chi connectivity index (χ1v) is 6.94. The third kappa shape index (κ3) is 12.0. The molecule has 1 N–H and O–H groups in total. The molecule has 2 nitrogen and oxygen atoms in total. The van der Waals surface area contributed by atoms with Crippen LogP contribution in [0.3, 0.4) is 0 Å². The zero-order chi connectivity index (χ0) is 12.4. The van der Waals surface area contributed by atoms with E-state index in [0.717, 1.165) is 5.92 Å². The fourth-order valence-corrected chi connectivity index (χ4v) is 1.66. The molecule has 0 aromatic carbocycles. The summed E-state index contributed by atoms with van der Waals surface area (Å²) in [4.78, 5) is 2.47. The van der Waals surface area contributed by atoms with E-state index in [1.54, 1.807) is 0 Å². The van der Waals surface area contributed by atoms with Gasteiger partial charge in [-0.2, -0.15) is 0 Å². The minimum atomic E-state index is 0.633. The molecule has 0 rings (SSSR count). The Kier molecular flexibility index (Phi) is 10.0. The first kappa shape index (κ1) is 15.9. The summed E-state index contributed by atoms with van der Waals surface area (Å²) in [6.45, 7) is 12.7. The summed E-state index contributed by atoms with van der Waals surface area (Å²) >= 11 is 0. The van der Waals surface area contributed by atoms with Gasteiger partial charge >= 0.3 is 0 Å². The van der Waals surface area contributed by atoms with E-state index < -0.39 is 0 Å². The molecule has 0 aromatic heterocycles. The van der Waals surface area contributed by atoms with Crippen molar-refractivity contribution in [3.63, 3.8) is 0 Å². The smallest absolute Gasteiger partial charge is 0.00103 e. The van der Waals surface area contributed by atoms with E-state index in [4.69, 9.17) is 0 Å². The van der Waals surface area contributed by atoms with Crippen LogP contribution in [-0.2, 0) is 0 Å². The number of unbranched alkanes of at least 4 members (excludes halogenated alkanes) is 2. The van der Waals surface area contributed by atoms with Crippen LogP contribution in [0.15, 0.2) is 0 Å². The molecule has 0 heterocycles. The maximum Gasteiger partial charge on any atom is 0.00103 e. The highest BCUT2D eigenvalue weighted by Crippen LogP contribution is 2.02. The minimum absolute atomic E-state index is 0.633. The third-order valence-corrected chi connectivity index (χ3v) is 2.86. The number of hydrogen-bond donors (Lipinski definition) is 1. The van der Waals surface area contributed by atoms with Crippen LogP contribution in [0.4, 0.5) is 0 Å². The zero-order valence-electron chi connectivity index (χ0n) is 12.1. The maximum absolute atomic E-state index is 3.46. The second-order valence-corrected chi connectivity index (χ2v) is 5.66. The van der Waals surface area contributed by atoms with E-state index in [-0.39, 0.29) is 0 Å². The third-order valence-electron chi connectivity index (χ3n) is 2.86. The SMILES string of the molecule is CC(C)CCN(C)CCCCCNC(C)C. The number of hydrogen-bond acceptors (Lipinski definition) is 2. The molecule has 0 unspecified atom stereocenters. The lowest BCUT2D eigenvalue weighted by Gasteiger charge is -2.17. The van der Waals surface area contributed by atoms with E-state index in [1.165, 1.54) is 45.3 Å². The Morgan fingerprint density at radius 3 is 2.19 bits per heavy atom. The van der Waals surface area contributed by atoms with Gasteiger partial charge in [-0.05, 0) is 51.9 Å². The highest BCUT2D eigenvalue weighted by molar-refractivity contribution is 4.57. The molecule has 2 heteroatoms. The highest BCUT2D eigenvalue weighted by Gasteiger charge is 2.00. The Hall–Kier alpha value is -0.0800. The fourth-order valence-electron chi connectivity index (χ4n) is 1.66. The Balaban J connectivity index is 3.18. The molecule has 0 aliphatic rings. The van der Waals surface area contributed by atoms with E-state index >= 15 is 0 Å². The predicted octanol–water partition coefficient (Wildman–Crippen LogP) is 3.13. The molecular weight excluding hydrogens is 196 g/mol. The zero-order valence-corrected chi connectivity index (χ0v) is 12.1. The Bertz CT molecular complexity index is 144. The molecule has 0 fully saturated rings. The average Bonchev–Trinajstić information content (AvgIpc) is 2.19. The summed E-state index contributed by atoms with van der Waals surface area (Å²) in [5.74, 6) is 0.831. The first-order valence-electron chi connectivity index (χ1n) is 6.94. The second-order valence-electron chi connectivity index (χ2n) is 5.66. The van der Waals surface area contributed by atoms with Crippen molar-refractivity contribution in [1.29, 1.82) is 0 Å². The van der Waals surface area contributed by atoms with Gasteiger partial charge < -0.3 is 10.2 Å². The molecule has 0 atom stereocenters. The van der Waals surface area contributed by atoms with Gasteiger partial charge in [0, 0.05) is 6.04 Å². The van der Waals surface area contributed by atoms with Crippen molar-refractivity contribution in [1.82, 2.24) is 10.2 Å². The fraction of sp³-hybridized carbons (Fsp3) is 1.00. The van der Waals surface area contributed by atoms with Gasteiger partial charge in [-0.25, -0.2) is 0 Å². The Morgan fingerprint density at radius 2 is 1.62 bits per heavy atom. The first-order chi connectivity index (χ1) is 7.52. The van der Waals surface area contributed by atoms with Crippen LogP contribution in [0, 0.1) is 5.92 Å². The summed E-state index contributed by atoms with van der Waals surface area (Å²) in [7, 11) is 2.24. The van der Waals surface area contributed by atoms with Crippen molar-refractivity contribution in [3.05, 3.63) is 0 Å². The molecule has 98 valence electrons. The van der Waals surface area contributed by atoms with Crippen molar-refractivity contribution < 1.29 is 0 Å². The van der Waals surface area contributed by atoms with Crippen molar-refractivity contribution in [2.75, 3.05) is 26.7 Å². The summed E-state index contributed by atoms with van der Waals surface area (Å²) in [5.41, 5.74) is 0.